The Morgan fingerprint density at radius 1 is 0.791 bits per heavy atom. The van der Waals surface area contributed by atoms with E-state index in [-0.39, 0.29) is 17.2 Å². The SMILES string of the molecule is CCC=CCC=CCC=CCC=CCC=CCC=CCCC(=O)NCCCCC(NC(=O)c1ccccc1O)C(=O)OC. The number of ether oxygens (including phenoxy) is 1. The highest BCUT2D eigenvalue weighted by atomic mass is 16.5. The van der Waals surface area contributed by atoms with Crippen molar-refractivity contribution in [1.82, 2.24) is 10.6 Å². The molecule has 0 saturated carbocycles. The summed E-state index contributed by atoms with van der Waals surface area (Å²) in [5, 5.41) is 15.4. The number of para-hydroxylation sites is 1. The van der Waals surface area contributed by atoms with Gasteiger partial charge >= 0.3 is 5.97 Å². The molecule has 1 atom stereocenters. The van der Waals surface area contributed by atoms with Gasteiger partial charge in [-0.1, -0.05) is 92.0 Å². The van der Waals surface area contributed by atoms with Crippen LogP contribution in [0.25, 0.3) is 0 Å². The lowest BCUT2D eigenvalue weighted by atomic mass is 10.1. The van der Waals surface area contributed by atoms with Gasteiger partial charge in [0.25, 0.3) is 5.91 Å². The minimum absolute atomic E-state index is 0.0168. The van der Waals surface area contributed by atoms with Gasteiger partial charge in [-0.05, 0) is 76.3 Å². The van der Waals surface area contributed by atoms with Crippen LogP contribution in [0.5, 0.6) is 5.75 Å². The number of amides is 2. The van der Waals surface area contributed by atoms with Crippen LogP contribution in [-0.2, 0) is 14.3 Å². The van der Waals surface area contributed by atoms with Crippen molar-refractivity contribution < 1.29 is 24.2 Å². The number of unbranched alkanes of at least 4 members (excludes halogenated alkanes) is 1. The molecule has 234 valence electrons. The number of phenolic OH excluding ortho intramolecular Hbond substituents is 1. The molecular weight excluding hydrogens is 540 g/mol. The van der Waals surface area contributed by atoms with Crippen molar-refractivity contribution in [2.75, 3.05) is 13.7 Å². The van der Waals surface area contributed by atoms with E-state index in [2.05, 4.69) is 84.4 Å². The van der Waals surface area contributed by atoms with Crippen LogP contribution in [0.2, 0.25) is 0 Å². The molecule has 2 amide bonds. The van der Waals surface area contributed by atoms with Crippen molar-refractivity contribution in [1.29, 1.82) is 0 Å². The van der Waals surface area contributed by atoms with Crippen LogP contribution in [0.15, 0.2) is 97.2 Å². The number of methoxy groups -OCH3 is 1. The monoisotopic (exact) mass is 590 g/mol. The summed E-state index contributed by atoms with van der Waals surface area (Å²) >= 11 is 0. The summed E-state index contributed by atoms with van der Waals surface area (Å²) < 4.78 is 4.80. The van der Waals surface area contributed by atoms with E-state index in [1.165, 1.54) is 19.2 Å². The van der Waals surface area contributed by atoms with Gasteiger partial charge in [-0.25, -0.2) is 4.79 Å². The largest absolute Gasteiger partial charge is 0.507 e. The van der Waals surface area contributed by atoms with Crippen LogP contribution >= 0.6 is 0 Å². The molecule has 43 heavy (non-hydrogen) atoms. The van der Waals surface area contributed by atoms with E-state index in [9.17, 15) is 19.5 Å². The maximum atomic E-state index is 12.4. The molecule has 0 aliphatic heterocycles. The van der Waals surface area contributed by atoms with E-state index in [4.69, 9.17) is 4.74 Å². The van der Waals surface area contributed by atoms with E-state index in [0.29, 0.717) is 38.6 Å². The lowest BCUT2D eigenvalue weighted by molar-refractivity contribution is -0.143. The van der Waals surface area contributed by atoms with Crippen LogP contribution in [0.3, 0.4) is 0 Å². The summed E-state index contributed by atoms with van der Waals surface area (Å²) in [6.45, 7) is 2.63. The average molecular weight is 591 g/mol. The van der Waals surface area contributed by atoms with Gasteiger partial charge in [-0.15, -0.1) is 0 Å². The molecule has 0 bridgehead atoms. The van der Waals surface area contributed by atoms with Gasteiger partial charge in [0.2, 0.25) is 5.91 Å². The van der Waals surface area contributed by atoms with Crippen LogP contribution in [0.1, 0.15) is 87.9 Å². The molecule has 3 N–H and O–H groups in total. The first-order valence-corrected chi connectivity index (χ1v) is 15.3. The van der Waals surface area contributed by atoms with Gasteiger partial charge in [0.1, 0.15) is 11.8 Å². The van der Waals surface area contributed by atoms with E-state index in [1.54, 1.807) is 12.1 Å². The Bertz CT molecular complexity index is 1110. The molecular formula is C36H50N2O5. The highest BCUT2D eigenvalue weighted by Crippen LogP contribution is 2.16. The summed E-state index contributed by atoms with van der Waals surface area (Å²) in [6.07, 6.45) is 34.4. The number of carbonyl (C=O) groups is 3. The highest BCUT2D eigenvalue weighted by Gasteiger charge is 2.22. The van der Waals surface area contributed by atoms with Crippen molar-refractivity contribution >= 4 is 17.8 Å². The number of phenols is 1. The number of hydrogen-bond donors (Lipinski definition) is 3. The normalized spacial score (nSPS) is 12.8. The Hall–Kier alpha value is -4.13. The second-order valence-corrected chi connectivity index (χ2v) is 9.87. The number of esters is 1. The van der Waals surface area contributed by atoms with Crippen molar-refractivity contribution in [2.24, 2.45) is 0 Å². The Kier molecular flexibility index (Phi) is 21.9. The van der Waals surface area contributed by atoms with Crippen molar-refractivity contribution in [3.63, 3.8) is 0 Å². The zero-order chi connectivity index (χ0) is 31.4. The molecule has 7 heteroatoms. The first-order valence-electron chi connectivity index (χ1n) is 15.3. The van der Waals surface area contributed by atoms with Gasteiger partial charge < -0.3 is 20.5 Å². The first-order chi connectivity index (χ1) is 21.0. The zero-order valence-corrected chi connectivity index (χ0v) is 25.9. The maximum absolute atomic E-state index is 12.4. The standard InChI is InChI=1S/C36H50N2O5/c1-3-4-5-6-7-8-9-10-11-12-13-14-15-16-17-18-19-20-21-29-34(40)37-30-25-24-27-32(36(42)43-2)38-35(41)31-26-22-23-28-33(31)39/h4-5,7-8,10-11,13-14,16-17,19-20,22-23,26,28,32,39H,3,6,9,12,15,18,21,24-25,27,29-30H2,1-2H3,(H,37,40)(H,38,41). The predicted octanol–water partition coefficient (Wildman–Crippen LogP) is 7.43. The molecule has 1 aromatic carbocycles. The number of hydrogen-bond acceptors (Lipinski definition) is 5. The number of allylic oxidation sites excluding steroid dienone is 12. The molecule has 1 aromatic rings. The van der Waals surface area contributed by atoms with Gasteiger partial charge in [-0.3, -0.25) is 9.59 Å². The third-order valence-electron chi connectivity index (χ3n) is 6.32. The summed E-state index contributed by atoms with van der Waals surface area (Å²) in [7, 11) is 1.26. The van der Waals surface area contributed by atoms with E-state index in [1.807, 2.05) is 6.08 Å². The molecule has 0 aliphatic rings. The van der Waals surface area contributed by atoms with Crippen LogP contribution in [-0.4, -0.2) is 42.6 Å². The van der Waals surface area contributed by atoms with Gasteiger partial charge in [0.05, 0.1) is 12.7 Å². The minimum Gasteiger partial charge on any atom is -0.507 e. The van der Waals surface area contributed by atoms with Crippen molar-refractivity contribution in [3.05, 3.63) is 103 Å². The Morgan fingerprint density at radius 3 is 1.86 bits per heavy atom. The average Bonchev–Trinajstić information content (AvgIpc) is 3.01. The molecule has 0 radical (unpaired) electrons. The molecule has 1 rings (SSSR count). The molecule has 0 heterocycles. The number of benzene rings is 1. The molecule has 0 fully saturated rings. The summed E-state index contributed by atoms with van der Waals surface area (Å²) in [5.74, 6) is -1.27. The smallest absolute Gasteiger partial charge is 0.328 e. The van der Waals surface area contributed by atoms with Crippen molar-refractivity contribution in [2.45, 2.75) is 83.6 Å². The first kappa shape index (κ1) is 36.9. The van der Waals surface area contributed by atoms with Gasteiger partial charge in [0.15, 0.2) is 0 Å². The molecule has 7 nitrogen and oxygen atoms in total. The Labute approximate surface area is 258 Å². The van der Waals surface area contributed by atoms with Gasteiger partial charge in [-0.2, -0.15) is 0 Å². The molecule has 0 saturated heterocycles. The number of carbonyl (C=O) groups excluding carboxylic acids is 3. The van der Waals surface area contributed by atoms with Crippen LogP contribution < -0.4 is 10.6 Å². The quantitative estimate of drug-likeness (QED) is 0.0740. The fourth-order valence-corrected chi connectivity index (χ4v) is 3.94. The zero-order valence-electron chi connectivity index (χ0n) is 25.9. The summed E-state index contributed by atoms with van der Waals surface area (Å²) in [4.78, 5) is 36.6. The summed E-state index contributed by atoms with van der Waals surface area (Å²) in [5.41, 5.74) is 0.0931. The topological polar surface area (TPSA) is 105 Å². The van der Waals surface area contributed by atoms with Crippen molar-refractivity contribution in [3.8, 4) is 5.75 Å². The maximum Gasteiger partial charge on any atom is 0.328 e. The van der Waals surface area contributed by atoms with E-state index >= 15 is 0 Å². The molecule has 0 aliphatic carbocycles. The highest BCUT2D eigenvalue weighted by molar-refractivity contribution is 5.98. The van der Waals surface area contributed by atoms with E-state index < -0.39 is 17.9 Å². The molecule has 0 aromatic heterocycles. The van der Waals surface area contributed by atoms with Crippen LogP contribution in [0.4, 0.5) is 0 Å². The van der Waals surface area contributed by atoms with Gasteiger partial charge in [0, 0.05) is 13.0 Å². The minimum atomic E-state index is -0.832. The fraction of sp³-hybridized carbons (Fsp3) is 0.417. The lowest BCUT2D eigenvalue weighted by Crippen LogP contribution is -2.41. The second-order valence-electron chi connectivity index (χ2n) is 9.87. The summed E-state index contributed by atoms with van der Waals surface area (Å²) in [6, 6.07) is 5.30. The lowest BCUT2D eigenvalue weighted by Gasteiger charge is -2.17. The number of rotatable bonds is 22. The third-order valence-corrected chi connectivity index (χ3v) is 6.32. The number of aromatic hydroxyl groups is 1. The Balaban J connectivity index is 2.11. The molecule has 0 spiro atoms. The second kappa shape index (κ2) is 25.6. The Morgan fingerprint density at radius 2 is 1.33 bits per heavy atom. The third kappa shape index (κ3) is 19.6. The number of nitrogens with one attached hydrogen (secondary N) is 2. The fourth-order valence-electron chi connectivity index (χ4n) is 3.94. The van der Waals surface area contributed by atoms with Crippen LogP contribution in [0, 0.1) is 0 Å². The van der Waals surface area contributed by atoms with E-state index in [0.717, 1.165) is 38.5 Å². The molecule has 1 unspecified atom stereocenters. The predicted molar refractivity (Wildman–Crippen MR) is 176 cm³/mol.